The molecule has 28 heavy (non-hydrogen) atoms. The Morgan fingerprint density at radius 1 is 1.07 bits per heavy atom. The van der Waals surface area contributed by atoms with Crippen molar-refractivity contribution in [3.63, 3.8) is 0 Å². The summed E-state index contributed by atoms with van der Waals surface area (Å²) in [4.78, 5) is 31.0. The first-order chi connectivity index (χ1) is 13.5. The first-order valence-corrected chi connectivity index (χ1v) is 9.52. The highest BCUT2D eigenvalue weighted by molar-refractivity contribution is 6.04. The van der Waals surface area contributed by atoms with Crippen LogP contribution in [0.5, 0.6) is 0 Å². The maximum atomic E-state index is 12.9. The Bertz CT molecular complexity index is 976. The number of rotatable bonds is 5. The van der Waals surface area contributed by atoms with Crippen LogP contribution in [0.4, 0.5) is 0 Å². The second-order valence-corrected chi connectivity index (χ2v) is 7.43. The molecule has 0 aliphatic carbocycles. The molecule has 2 unspecified atom stereocenters. The Morgan fingerprint density at radius 3 is 2.43 bits per heavy atom. The molecular formula is C23H23N3O2. The van der Waals surface area contributed by atoms with Gasteiger partial charge in [0.05, 0.1) is 18.3 Å². The topological polar surface area (TPSA) is 55.2 Å². The van der Waals surface area contributed by atoms with E-state index in [4.69, 9.17) is 0 Å². The quantitative estimate of drug-likeness (QED) is 0.638. The number of hydrogen-bond acceptors (Lipinski definition) is 3. The van der Waals surface area contributed by atoms with Crippen molar-refractivity contribution in [2.24, 2.45) is 5.92 Å². The van der Waals surface area contributed by atoms with Gasteiger partial charge in [-0.15, -0.1) is 0 Å². The highest BCUT2D eigenvalue weighted by Gasteiger charge is 2.41. The SMILES string of the molecule is Cc1ccc(CC2CC(=O)N(C(C)c3ccc(-n4ccnc4)cc3)C2=O)cc1. The molecule has 142 valence electrons. The third-order valence-corrected chi connectivity index (χ3v) is 5.44. The van der Waals surface area contributed by atoms with E-state index in [2.05, 4.69) is 4.98 Å². The summed E-state index contributed by atoms with van der Waals surface area (Å²) < 4.78 is 1.91. The van der Waals surface area contributed by atoms with Crippen LogP contribution >= 0.6 is 0 Å². The molecule has 2 atom stereocenters. The van der Waals surface area contributed by atoms with Crippen molar-refractivity contribution in [2.75, 3.05) is 0 Å². The molecule has 4 rings (SSSR count). The van der Waals surface area contributed by atoms with Crippen LogP contribution in [0.2, 0.25) is 0 Å². The second kappa shape index (κ2) is 7.43. The zero-order valence-corrected chi connectivity index (χ0v) is 16.1. The number of benzene rings is 2. The van der Waals surface area contributed by atoms with E-state index in [0.29, 0.717) is 6.42 Å². The molecule has 1 aliphatic rings. The molecule has 5 heteroatoms. The molecule has 0 saturated carbocycles. The highest BCUT2D eigenvalue weighted by Crippen LogP contribution is 2.31. The van der Waals surface area contributed by atoms with Crippen molar-refractivity contribution >= 4 is 11.8 Å². The molecule has 3 aromatic rings. The Hall–Kier alpha value is -3.21. The van der Waals surface area contributed by atoms with Gasteiger partial charge in [0.25, 0.3) is 0 Å². The molecule has 2 heterocycles. The fourth-order valence-corrected chi connectivity index (χ4v) is 3.78. The molecule has 0 radical (unpaired) electrons. The van der Waals surface area contributed by atoms with Crippen molar-refractivity contribution in [3.05, 3.63) is 83.9 Å². The Balaban J connectivity index is 1.49. The Morgan fingerprint density at radius 2 is 1.79 bits per heavy atom. The number of amides is 2. The lowest BCUT2D eigenvalue weighted by Gasteiger charge is -2.24. The summed E-state index contributed by atoms with van der Waals surface area (Å²) in [6, 6.07) is 15.8. The maximum absolute atomic E-state index is 12.9. The summed E-state index contributed by atoms with van der Waals surface area (Å²) in [5, 5.41) is 0. The average Bonchev–Trinajstić information content (AvgIpc) is 3.32. The Kier molecular flexibility index (Phi) is 4.82. The minimum Gasteiger partial charge on any atom is -0.306 e. The van der Waals surface area contributed by atoms with Gasteiger partial charge in [-0.25, -0.2) is 4.98 Å². The largest absolute Gasteiger partial charge is 0.306 e. The summed E-state index contributed by atoms with van der Waals surface area (Å²) in [5.41, 5.74) is 4.22. The molecule has 5 nitrogen and oxygen atoms in total. The predicted molar refractivity (Wildman–Crippen MR) is 107 cm³/mol. The van der Waals surface area contributed by atoms with E-state index >= 15 is 0 Å². The van der Waals surface area contributed by atoms with Crippen molar-refractivity contribution in [1.29, 1.82) is 0 Å². The number of imidazole rings is 1. The van der Waals surface area contributed by atoms with E-state index in [1.54, 1.807) is 12.5 Å². The Labute approximate surface area is 164 Å². The third kappa shape index (κ3) is 3.48. The van der Waals surface area contributed by atoms with Crippen LogP contribution in [0.15, 0.2) is 67.3 Å². The van der Waals surface area contributed by atoms with Gasteiger partial charge >= 0.3 is 0 Å². The molecule has 2 aromatic carbocycles. The average molecular weight is 373 g/mol. The highest BCUT2D eigenvalue weighted by atomic mass is 16.2. The number of carbonyl (C=O) groups is 2. The van der Waals surface area contributed by atoms with Gasteiger partial charge in [-0.3, -0.25) is 14.5 Å². The van der Waals surface area contributed by atoms with Crippen LogP contribution in [0, 0.1) is 12.8 Å². The molecule has 1 aromatic heterocycles. The molecule has 1 fully saturated rings. The van der Waals surface area contributed by atoms with Gasteiger partial charge in [0.2, 0.25) is 11.8 Å². The van der Waals surface area contributed by atoms with Gasteiger partial charge in [-0.2, -0.15) is 0 Å². The van der Waals surface area contributed by atoms with E-state index in [-0.39, 0.29) is 30.2 Å². The van der Waals surface area contributed by atoms with Crippen molar-refractivity contribution < 1.29 is 9.59 Å². The first kappa shape index (κ1) is 18.2. The van der Waals surface area contributed by atoms with E-state index in [1.165, 1.54) is 10.5 Å². The second-order valence-electron chi connectivity index (χ2n) is 7.43. The number of nitrogens with zero attached hydrogens (tertiary/aromatic N) is 3. The summed E-state index contributed by atoms with van der Waals surface area (Å²) >= 11 is 0. The fraction of sp³-hybridized carbons (Fsp3) is 0.261. The van der Waals surface area contributed by atoms with Crippen molar-refractivity contribution in [1.82, 2.24) is 14.5 Å². The lowest BCUT2D eigenvalue weighted by atomic mass is 9.97. The summed E-state index contributed by atoms with van der Waals surface area (Å²) in [6.07, 6.45) is 6.23. The van der Waals surface area contributed by atoms with Gasteiger partial charge < -0.3 is 4.57 Å². The van der Waals surface area contributed by atoms with E-state index in [0.717, 1.165) is 16.8 Å². The molecule has 0 bridgehead atoms. The van der Waals surface area contributed by atoms with Crippen molar-refractivity contribution in [3.8, 4) is 5.69 Å². The van der Waals surface area contributed by atoms with Crippen LogP contribution in [0.3, 0.4) is 0 Å². The number of aryl methyl sites for hydroxylation is 1. The number of hydrogen-bond donors (Lipinski definition) is 0. The maximum Gasteiger partial charge on any atom is 0.233 e. The summed E-state index contributed by atoms with van der Waals surface area (Å²) in [6.45, 7) is 3.95. The number of carbonyl (C=O) groups excluding carboxylic acids is 2. The van der Waals surface area contributed by atoms with Gasteiger partial charge in [-0.05, 0) is 43.5 Å². The summed E-state index contributed by atoms with van der Waals surface area (Å²) in [5.74, 6) is -0.437. The zero-order chi connectivity index (χ0) is 19.7. The lowest BCUT2D eigenvalue weighted by Crippen LogP contribution is -2.33. The predicted octanol–water partition coefficient (Wildman–Crippen LogP) is 3.86. The minimum atomic E-state index is -0.278. The fourth-order valence-electron chi connectivity index (χ4n) is 3.78. The van der Waals surface area contributed by atoms with Crippen LogP contribution in [-0.2, 0) is 16.0 Å². The van der Waals surface area contributed by atoms with Crippen LogP contribution in [-0.4, -0.2) is 26.3 Å². The van der Waals surface area contributed by atoms with Crippen molar-refractivity contribution in [2.45, 2.75) is 32.7 Å². The van der Waals surface area contributed by atoms with Gasteiger partial charge in [0.1, 0.15) is 0 Å². The zero-order valence-electron chi connectivity index (χ0n) is 16.1. The van der Waals surface area contributed by atoms with E-state index < -0.39 is 0 Å². The van der Waals surface area contributed by atoms with Gasteiger partial charge in [0, 0.05) is 24.5 Å². The van der Waals surface area contributed by atoms with Crippen LogP contribution in [0.25, 0.3) is 5.69 Å². The lowest BCUT2D eigenvalue weighted by molar-refractivity contribution is -0.141. The molecular weight excluding hydrogens is 350 g/mol. The molecule has 0 N–H and O–H groups in total. The first-order valence-electron chi connectivity index (χ1n) is 9.52. The number of imide groups is 1. The van der Waals surface area contributed by atoms with Gasteiger partial charge in [0.15, 0.2) is 0 Å². The normalized spacial score (nSPS) is 17.9. The molecule has 1 saturated heterocycles. The molecule has 2 amide bonds. The van der Waals surface area contributed by atoms with E-state index in [9.17, 15) is 9.59 Å². The van der Waals surface area contributed by atoms with Gasteiger partial charge in [-0.1, -0.05) is 42.0 Å². The van der Waals surface area contributed by atoms with Crippen LogP contribution in [0.1, 0.15) is 36.1 Å². The third-order valence-electron chi connectivity index (χ3n) is 5.44. The van der Waals surface area contributed by atoms with E-state index in [1.807, 2.05) is 73.1 Å². The standard InChI is InChI=1S/C23H23N3O2/c1-16-3-5-18(6-4-16)13-20-14-22(27)26(23(20)28)17(2)19-7-9-21(10-8-19)25-12-11-24-15-25/h3-12,15,17,20H,13-14H2,1-2H3. The monoisotopic (exact) mass is 373 g/mol. The summed E-state index contributed by atoms with van der Waals surface area (Å²) in [7, 11) is 0. The molecule has 0 spiro atoms. The number of likely N-dealkylation sites (tertiary alicyclic amines) is 1. The van der Waals surface area contributed by atoms with Crippen LogP contribution < -0.4 is 0 Å². The smallest absolute Gasteiger partial charge is 0.233 e. The minimum absolute atomic E-state index is 0.0724. The molecule has 1 aliphatic heterocycles. The number of aromatic nitrogens is 2.